The fourth-order valence-electron chi connectivity index (χ4n) is 6.02. The number of pyridine rings is 1. The van der Waals surface area contributed by atoms with Crippen LogP contribution in [0.25, 0.3) is 10.9 Å². The monoisotopic (exact) mass is 536 g/mol. The van der Waals surface area contributed by atoms with Crippen LogP contribution in [-0.4, -0.2) is 80.1 Å². The summed E-state index contributed by atoms with van der Waals surface area (Å²) in [7, 11) is 0. The van der Waals surface area contributed by atoms with Gasteiger partial charge in [0.2, 0.25) is 0 Å². The van der Waals surface area contributed by atoms with Crippen LogP contribution in [0, 0.1) is 6.92 Å². The van der Waals surface area contributed by atoms with Crippen LogP contribution in [0.1, 0.15) is 56.0 Å². The summed E-state index contributed by atoms with van der Waals surface area (Å²) in [6.07, 6.45) is 2.65. The van der Waals surface area contributed by atoms with Crippen LogP contribution in [-0.2, 0) is 10.3 Å². The molecule has 0 aliphatic carbocycles. The van der Waals surface area contributed by atoms with Crippen LogP contribution in [0.15, 0.2) is 35.3 Å². The molecule has 2 atom stereocenters. The molecule has 208 valence electrons. The predicted molar refractivity (Wildman–Crippen MR) is 148 cm³/mol. The summed E-state index contributed by atoms with van der Waals surface area (Å²) in [5, 5.41) is 18.1. The smallest absolute Gasteiger partial charge is 0.407 e. The van der Waals surface area contributed by atoms with Crippen LogP contribution in [0.3, 0.4) is 0 Å². The van der Waals surface area contributed by atoms with Gasteiger partial charge in [-0.25, -0.2) is 4.79 Å². The number of ether oxygens (including phenoxy) is 1. The third-order valence-electron chi connectivity index (χ3n) is 8.30. The Morgan fingerprint density at radius 1 is 1.18 bits per heavy atom. The normalized spacial score (nSPS) is 21.2. The first kappa shape index (κ1) is 26.7. The second-order valence-corrected chi connectivity index (χ2v) is 10.8. The fourth-order valence-corrected chi connectivity index (χ4v) is 6.02. The zero-order valence-corrected chi connectivity index (χ0v) is 22.9. The number of aromatic nitrogens is 3. The Hall–Kier alpha value is -3.86. The molecule has 2 aliphatic heterocycles. The molecule has 0 bridgehead atoms. The molecule has 2 aromatic heterocycles. The highest BCUT2D eigenvalue weighted by Gasteiger charge is 2.39. The molecule has 11 heteroatoms. The number of benzene rings is 1. The number of fused-ring (bicyclic) bond motifs is 1. The van der Waals surface area contributed by atoms with Crippen LogP contribution in [0.5, 0.6) is 0 Å². The van der Waals surface area contributed by atoms with Crippen molar-refractivity contribution in [2.24, 2.45) is 0 Å². The van der Waals surface area contributed by atoms with Gasteiger partial charge in [0.05, 0.1) is 36.4 Å². The lowest BCUT2D eigenvalue weighted by atomic mass is 9.85. The number of hydrogen-bond donors (Lipinski definition) is 3. The van der Waals surface area contributed by atoms with Gasteiger partial charge < -0.3 is 29.9 Å². The Balaban J connectivity index is 1.47. The number of rotatable bonds is 5. The number of carboxylic acid groups (broad SMARTS) is 1. The van der Waals surface area contributed by atoms with Crippen LogP contribution in [0.2, 0.25) is 0 Å². The molecule has 11 nitrogen and oxygen atoms in total. The van der Waals surface area contributed by atoms with E-state index in [1.165, 1.54) is 4.90 Å². The number of H-pyrrole nitrogens is 1. The first-order valence-electron chi connectivity index (χ1n) is 13.5. The summed E-state index contributed by atoms with van der Waals surface area (Å²) in [5.74, 6) is 0.403. The number of piperidine rings is 1. The fraction of sp³-hybridized carbons (Fsp3) is 0.500. The van der Waals surface area contributed by atoms with Gasteiger partial charge in [-0.05, 0) is 69.9 Å². The lowest BCUT2D eigenvalue weighted by molar-refractivity contribution is -0.0249. The number of hydrogen-bond acceptors (Lipinski definition) is 6. The first-order valence-corrected chi connectivity index (χ1v) is 13.5. The van der Waals surface area contributed by atoms with E-state index in [0.29, 0.717) is 67.1 Å². The molecule has 3 N–H and O–H groups in total. The molecule has 2 amide bonds. The summed E-state index contributed by atoms with van der Waals surface area (Å²) in [6, 6.07) is 7.37. The van der Waals surface area contributed by atoms with Gasteiger partial charge in [-0.2, -0.15) is 5.10 Å². The van der Waals surface area contributed by atoms with E-state index in [-0.39, 0.29) is 23.6 Å². The molecule has 3 aromatic rings. The Kier molecular flexibility index (Phi) is 7.11. The van der Waals surface area contributed by atoms with Crippen molar-refractivity contribution in [3.8, 4) is 0 Å². The molecule has 4 heterocycles. The molecular formula is C28H36N6O5. The van der Waals surface area contributed by atoms with E-state index >= 15 is 0 Å². The summed E-state index contributed by atoms with van der Waals surface area (Å²) < 4.78 is 7.49. The van der Waals surface area contributed by atoms with Gasteiger partial charge in [0.1, 0.15) is 5.39 Å². The minimum atomic E-state index is -0.918. The number of carbonyl (C=O) groups is 2. The molecule has 2 aliphatic rings. The molecule has 0 unspecified atom stereocenters. The molecule has 0 radical (unpaired) electrons. The number of amides is 2. The van der Waals surface area contributed by atoms with Gasteiger partial charge in [0.25, 0.3) is 11.5 Å². The minimum Gasteiger partial charge on any atom is -0.465 e. The first-order chi connectivity index (χ1) is 18.6. The van der Waals surface area contributed by atoms with Crippen molar-refractivity contribution in [3.63, 3.8) is 0 Å². The number of nitrogens with one attached hydrogen (secondary N) is 2. The number of likely N-dealkylation sites (tertiary alicyclic amines) is 1. The lowest BCUT2D eigenvalue weighted by Gasteiger charge is -2.41. The largest absolute Gasteiger partial charge is 0.465 e. The molecule has 0 spiro atoms. The minimum absolute atomic E-state index is 0.00578. The van der Waals surface area contributed by atoms with Gasteiger partial charge in [0.15, 0.2) is 5.82 Å². The van der Waals surface area contributed by atoms with Gasteiger partial charge in [0, 0.05) is 30.5 Å². The molecule has 0 saturated carbocycles. The molecule has 2 saturated heterocycles. The van der Waals surface area contributed by atoms with Gasteiger partial charge in [-0.3, -0.25) is 14.3 Å². The molecule has 2 fully saturated rings. The Bertz CT molecular complexity index is 1440. The van der Waals surface area contributed by atoms with Gasteiger partial charge >= 0.3 is 6.09 Å². The standard InChI is InChI=1S/C28H36N6O5/c1-5-28(9-12-32(13-10-28)27(37)38)34-22-8-11-29-25(35)23(22)24(31-34)30-20-6-7-21(17(2)14-20)26(36)33-18(3)15-39-16-19(33)4/h6-8,11,14,18-19H,5,9-10,12-13,15-16H2,1-4H3,(H,29,35)(H,30,31)(H,37,38)/t18-,19-/m1/s1. The van der Waals surface area contributed by atoms with E-state index in [1.807, 2.05) is 54.6 Å². The van der Waals surface area contributed by atoms with E-state index < -0.39 is 11.6 Å². The zero-order valence-electron chi connectivity index (χ0n) is 22.9. The molecular weight excluding hydrogens is 500 g/mol. The van der Waals surface area contributed by atoms with E-state index in [1.54, 1.807) is 6.20 Å². The zero-order chi connectivity index (χ0) is 27.9. The van der Waals surface area contributed by atoms with Gasteiger partial charge in [-0.1, -0.05) is 6.92 Å². The maximum atomic E-state index is 13.4. The summed E-state index contributed by atoms with van der Waals surface area (Å²) in [5.41, 5.74) is 2.20. The van der Waals surface area contributed by atoms with E-state index in [0.717, 1.165) is 12.0 Å². The SMILES string of the molecule is CCC1(n2nc(Nc3ccc(C(=O)N4[C@H](C)COC[C@H]4C)c(C)c3)c3c(=O)[nH]ccc32)CCN(C(=O)O)CC1. The van der Waals surface area contributed by atoms with Crippen LogP contribution >= 0.6 is 0 Å². The van der Waals surface area contributed by atoms with Crippen LogP contribution < -0.4 is 10.9 Å². The van der Waals surface area contributed by atoms with Crippen molar-refractivity contribution in [2.45, 2.75) is 64.6 Å². The third kappa shape index (κ3) is 4.75. The van der Waals surface area contributed by atoms with Crippen molar-refractivity contribution < 1.29 is 19.4 Å². The van der Waals surface area contributed by atoms with Crippen molar-refractivity contribution in [1.82, 2.24) is 24.6 Å². The highest BCUT2D eigenvalue weighted by atomic mass is 16.5. The quantitative estimate of drug-likeness (QED) is 0.450. The number of carbonyl (C=O) groups excluding carboxylic acids is 1. The summed E-state index contributed by atoms with van der Waals surface area (Å²) in [4.78, 5) is 43.9. The summed E-state index contributed by atoms with van der Waals surface area (Å²) >= 11 is 0. The van der Waals surface area contributed by atoms with Crippen molar-refractivity contribution in [2.75, 3.05) is 31.6 Å². The predicted octanol–water partition coefficient (Wildman–Crippen LogP) is 3.91. The second kappa shape index (κ2) is 10.4. The maximum absolute atomic E-state index is 13.4. The van der Waals surface area contributed by atoms with E-state index in [2.05, 4.69) is 17.2 Å². The van der Waals surface area contributed by atoms with E-state index in [4.69, 9.17) is 9.84 Å². The number of anilines is 2. The second-order valence-electron chi connectivity index (χ2n) is 10.8. The number of morpholine rings is 1. The van der Waals surface area contributed by atoms with Crippen molar-refractivity contribution >= 4 is 34.4 Å². The average molecular weight is 537 g/mol. The van der Waals surface area contributed by atoms with Gasteiger partial charge in [-0.15, -0.1) is 0 Å². The molecule has 39 heavy (non-hydrogen) atoms. The Morgan fingerprint density at radius 2 is 1.87 bits per heavy atom. The summed E-state index contributed by atoms with van der Waals surface area (Å²) in [6.45, 7) is 9.81. The topological polar surface area (TPSA) is 133 Å². The molecule has 5 rings (SSSR count). The maximum Gasteiger partial charge on any atom is 0.407 e. The number of nitrogens with zero attached hydrogens (tertiary/aromatic N) is 4. The number of aromatic amines is 1. The Morgan fingerprint density at radius 3 is 2.49 bits per heavy atom. The third-order valence-corrected chi connectivity index (χ3v) is 8.30. The average Bonchev–Trinajstić information content (AvgIpc) is 3.28. The van der Waals surface area contributed by atoms with Crippen LogP contribution in [0.4, 0.5) is 16.3 Å². The highest BCUT2D eigenvalue weighted by molar-refractivity contribution is 5.97. The van der Waals surface area contributed by atoms with Crippen molar-refractivity contribution in [1.29, 1.82) is 0 Å². The Labute approximate surface area is 226 Å². The number of aryl methyl sites for hydroxylation is 1. The highest BCUT2D eigenvalue weighted by Crippen LogP contribution is 2.37. The molecule has 1 aromatic carbocycles. The lowest BCUT2D eigenvalue weighted by Crippen LogP contribution is -2.52. The van der Waals surface area contributed by atoms with E-state index in [9.17, 15) is 19.5 Å². The van der Waals surface area contributed by atoms with Crippen molar-refractivity contribution in [3.05, 3.63) is 51.9 Å².